The summed E-state index contributed by atoms with van der Waals surface area (Å²) in [6, 6.07) is 7.32. The molecule has 25 heteroatoms. The third-order valence-corrected chi connectivity index (χ3v) is 16.0. The van der Waals surface area contributed by atoms with E-state index in [-0.39, 0.29) is 55.5 Å². The van der Waals surface area contributed by atoms with Gasteiger partial charge in [-0.25, -0.2) is 4.79 Å². The minimum Gasteiger partial charge on any atom is -0.491 e. The Balaban J connectivity index is 0. The molecule has 1 aromatic carbocycles. The van der Waals surface area contributed by atoms with Crippen LogP contribution in [0.3, 0.4) is 0 Å². The minimum atomic E-state index is -0.886. The van der Waals surface area contributed by atoms with Gasteiger partial charge >= 0.3 is 6.09 Å². The Labute approximate surface area is 532 Å². The van der Waals surface area contributed by atoms with E-state index < -0.39 is 12.3 Å². The van der Waals surface area contributed by atoms with Crippen LogP contribution >= 0.6 is 43.2 Å². The van der Waals surface area contributed by atoms with Gasteiger partial charge in [-0.1, -0.05) is 173 Å². The first-order valence-electron chi connectivity index (χ1n) is 30.2. The summed E-state index contributed by atoms with van der Waals surface area (Å²) in [6.07, 6.45) is 11.3. The Morgan fingerprint density at radius 3 is 1.88 bits per heavy atom. The molecule has 18 nitrogen and oxygen atoms in total. The maximum Gasteiger partial charge on any atom is 0.407 e. The molecule has 0 fully saturated rings. The number of nitrogens with one attached hydrogen (secondary N) is 5. The molecule has 4 amide bonds. The number of nitrogens with zero attached hydrogens (tertiary/aromatic N) is 3. The van der Waals surface area contributed by atoms with Gasteiger partial charge in [0.2, 0.25) is 11.8 Å². The van der Waals surface area contributed by atoms with Crippen LogP contribution in [0.1, 0.15) is 152 Å². The van der Waals surface area contributed by atoms with E-state index in [1.807, 2.05) is 65.0 Å². The fourth-order valence-corrected chi connectivity index (χ4v) is 10.2. The molecule has 0 saturated heterocycles. The maximum absolute atomic E-state index is 12.3. The fourth-order valence-electron chi connectivity index (χ4n) is 6.29. The first-order valence-corrected chi connectivity index (χ1v) is 35.0. The first-order chi connectivity index (χ1) is 40.6. The third kappa shape index (κ3) is 63.5. The number of ether oxygens (including phenoxy) is 6. The van der Waals surface area contributed by atoms with Crippen LogP contribution in [0, 0.1) is 11.8 Å². The topological polar surface area (TPSA) is 233 Å². The molecule has 481 valence electrons. The van der Waals surface area contributed by atoms with Crippen LogP contribution in [0.15, 0.2) is 65.5 Å². The summed E-state index contributed by atoms with van der Waals surface area (Å²) < 4.78 is 32.8. The van der Waals surface area contributed by atoms with Crippen LogP contribution < -0.4 is 31.3 Å². The summed E-state index contributed by atoms with van der Waals surface area (Å²) >= 11 is 0. The zero-order valence-corrected chi connectivity index (χ0v) is 57.4. The van der Waals surface area contributed by atoms with Crippen molar-refractivity contribution < 1.29 is 47.6 Å². The largest absolute Gasteiger partial charge is 0.491 e. The zero-order valence-electron chi connectivity index (χ0n) is 54.2. The van der Waals surface area contributed by atoms with Crippen LogP contribution in [-0.4, -0.2) is 159 Å². The van der Waals surface area contributed by atoms with Gasteiger partial charge in [0, 0.05) is 72.8 Å². The lowest BCUT2D eigenvalue weighted by Gasteiger charge is -2.24. The Hall–Kier alpha value is -3.38. The Bertz CT molecular complexity index is 1970. The molecule has 0 aliphatic carbocycles. The van der Waals surface area contributed by atoms with Crippen molar-refractivity contribution in [3.8, 4) is 5.75 Å². The van der Waals surface area contributed by atoms with Crippen molar-refractivity contribution in [3.63, 3.8) is 0 Å². The lowest BCUT2D eigenvalue weighted by Crippen LogP contribution is -2.28. The van der Waals surface area contributed by atoms with E-state index in [1.165, 1.54) is 12.8 Å². The quantitative estimate of drug-likeness (QED) is 0.00776. The van der Waals surface area contributed by atoms with E-state index in [0.29, 0.717) is 85.9 Å². The molecule has 85 heavy (non-hydrogen) atoms. The standard InChI is InChI=1S/C25H39BN5O5.C18H35BNO3S2.C17H34BN2O2S2/c1-19(2)8-6-12-29-25(33)21-9-5-10-22(16-21)36-18-24(30-31-27)35-15-14-34-17-23(32)28-13-7-11-26-20(3)4;1-15(2)8-9-18(5,6)25-24-14-22-12-13-23-17(21)20-11-7-10-19-16(3)4;1-15(2)18-9-7-10-20-17(21)8-5-6-12-22-14-24-23-13-11-19-16(3)4/h5,7,9-11,16,19-20,24H,6,8,12-15,17-18H2,1-4H3,(H,28,32)(H,29,33);7,10,15-16H,8-9,11-14H2,1-6H3,(H,20,21);7,9,15-16,19H,5-6,8,10-14H2,1-4H3,(H,20,21)/b11-7+;10-7+;9-7+. The number of unbranched alkanes of at least 4 members (excludes halogenated alkanes) is 1. The number of hydrogen-bond donors (Lipinski definition) is 5. The van der Waals surface area contributed by atoms with Gasteiger partial charge in [0.15, 0.2) is 6.23 Å². The number of carbonyl (C=O) groups excluding carboxylic acids is 4. The molecule has 5 N–H and O–H groups in total. The molecule has 0 bridgehead atoms. The van der Waals surface area contributed by atoms with Crippen LogP contribution in [0.4, 0.5) is 4.79 Å². The lowest BCUT2D eigenvalue weighted by molar-refractivity contribution is -0.126. The summed E-state index contributed by atoms with van der Waals surface area (Å²) in [5.41, 5.74) is 9.28. The van der Waals surface area contributed by atoms with E-state index in [2.05, 4.69) is 148 Å². The van der Waals surface area contributed by atoms with Gasteiger partial charge in [0.05, 0.1) is 19.8 Å². The van der Waals surface area contributed by atoms with Crippen molar-refractivity contribution in [1.82, 2.24) is 26.6 Å². The molecule has 3 radical (unpaired) electrons. The lowest BCUT2D eigenvalue weighted by atomic mass is 9.66. The van der Waals surface area contributed by atoms with E-state index >= 15 is 0 Å². The van der Waals surface area contributed by atoms with Gasteiger partial charge in [-0.15, -0.1) is 17.9 Å². The monoisotopic (exact) mass is 1260 g/mol. The van der Waals surface area contributed by atoms with Crippen LogP contribution in [-0.2, 0) is 33.3 Å². The number of benzene rings is 1. The van der Waals surface area contributed by atoms with E-state index in [1.54, 1.807) is 45.9 Å². The van der Waals surface area contributed by atoms with Crippen LogP contribution in [0.2, 0.25) is 17.5 Å². The predicted octanol–water partition coefficient (Wildman–Crippen LogP) is 13.1. The first kappa shape index (κ1) is 83.7. The summed E-state index contributed by atoms with van der Waals surface area (Å²) in [4.78, 5) is 49.9. The van der Waals surface area contributed by atoms with Gasteiger partial charge in [-0.2, -0.15) is 0 Å². The highest BCUT2D eigenvalue weighted by atomic mass is 33.1. The van der Waals surface area contributed by atoms with Crippen molar-refractivity contribution in [2.75, 3.05) is 96.6 Å². The van der Waals surface area contributed by atoms with Crippen molar-refractivity contribution >= 4 is 88.8 Å². The van der Waals surface area contributed by atoms with Gasteiger partial charge in [0.1, 0.15) is 59.3 Å². The average molecular weight is 1260 g/mol. The molecule has 1 unspecified atom stereocenters. The van der Waals surface area contributed by atoms with Gasteiger partial charge in [-0.05, 0) is 87.9 Å². The molecule has 0 aliphatic heterocycles. The molecule has 0 heterocycles. The maximum atomic E-state index is 12.3. The number of rotatable bonds is 49. The molecule has 1 aromatic rings. The molecule has 0 saturated carbocycles. The van der Waals surface area contributed by atoms with E-state index in [0.717, 1.165) is 56.4 Å². The number of amides is 4. The van der Waals surface area contributed by atoms with E-state index in [9.17, 15) is 19.2 Å². The van der Waals surface area contributed by atoms with E-state index in [4.69, 9.17) is 34.0 Å². The minimum absolute atomic E-state index is 0.0380. The van der Waals surface area contributed by atoms with Crippen LogP contribution in [0.5, 0.6) is 5.75 Å². The molecule has 1 atom stereocenters. The second-order valence-corrected chi connectivity index (χ2v) is 27.9. The summed E-state index contributed by atoms with van der Waals surface area (Å²) in [6.45, 7) is 35.0. The molecule has 1 rings (SSSR count). The highest BCUT2D eigenvalue weighted by molar-refractivity contribution is 8.77. The summed E-state index contributed by atoms with van der Waals surface area (Å²) in [5, 5.41) is 18.1. The Morgan fingerprint density at radius 1 is 0.671 bits per heavy atom. The van der Waals surface area contributed by atoms with Gasteiger partial charge < -0.3 is 55.0 Å². The predicted molar refractivity (Wildman–Crippen MR) is 365 cm³/mol. The van der Waals surface area contributed by atoms with Crippen molar-refractivity contribution in [2.45, 2.75) is 176 Å². The van der Waals surface area contributed by atoms with Crippen molar-refractivity contribution in [2.24, 2.45) is 17.0 Å². The second kappa shape index (κ2) is 58.3. The number of azide groups is 1. The molecular formula is C60H108B3N8O10S4. The summed E-state index contributed by atoms with van der Waals surface area (Å²) in [7, 11) is 13.4. The Morgan fingerprint density at radius 2 is 1.27 bits per heavy atom. The number of alkyl carbamates (subject to hydrolysis) is 1. The zero-order chi connectivity index (χ0) is 63.8. The van der Waals surface area contributed by atoms with Crippen LogP contribution in [0.25, 0.3) is 10.4 Å². The highest BCUT2D eigenvalue weighted by Gasteiger charge is 2.19. The fraction of sp³-hybridized carbons (Fsp3) is 0.733. The molecule has 0 aliphatic rings. The smallest absolute Gasteiger partial charge is 0.407 e. The van der Waals surface area contributed by atoms with Crippen molar-refractivity contribution in [3.05, 3.63) is 76.4 Å². The van der Waals surface area contributed by atoms with Gasteiger partial charge in [-0.3, -0.25) is 14.4 Å². The molecule has 0 aromatic heterocycles. The molecule has 0 spiro atoms. The SMILES string of the molecule is CC(C)[B]/C=C/CNC(=O)CCCCOCSSCCNC(C)C.CC(C)[B]/C=C/CNC(=O)COCCOC(COc1cccc(C(=O)NCCCC(C)C)c1)N=[N+]=[N-].CC(C)[B]/C=C/CNC(=O)OCCOCSSC(C)(C)CCC(C)C. The normalized spacial score (nSPS) is 11.9. The van der Waals surface area contributed by atoms with Crippen molar-refractivity contribution in [1.29, 1.82) is 0 Å². The second-order valence-electron chi connectivity index (χ2n) is 22.4. The number of hydrogen-bond acceptors (Lipinski definition) is 16. The Kier molecular flexibility index (Phi) is 57.4. The number of carbonyl (C=O) groups is 4. The summed E-state index contributed by atoms with van der Waals surface area (Å²) in [5.74, 6) is 11.3. The average Bonchev–Trinajstić information content (AvgIpc) is 3.62. The highest BCUT2D eigenvalue weighted by Crippen LogP contribution is 2.39. The molecular weight excluding hydrogens is 1150 g/mol. The van der Waals surface area contributed by atoms with Gasteiger partial charge in [0.25, 0.3) is 5.91 Å². The third-order valence-electron chi connectivity index (χ3n) is 10.9.